The van der Waals surface area contributed by atoms with Crippen LogP contribution in [-0.2, 0) is 21.3 Å². The van der Waals surface area contributed by atoms with E-state index in [-0.39, 0.29) is 27.7 Å². The number of methoxy groups -OCH3 is 1. The Kier molecular flexibility index (Phi) is 8.11. The Bertz CT molecular complexity index is 1290. The number of benzene rings is 3. The molecule has 0 heterocycles. The molecule has 0 unspecified atom stereocenters. The molecule has 0 bridgehead atoms. The highest BCUT2D eigenvalue weighted by molar-refractivity contribution is 7.89. The van der Waals surface area contributed by atoms with E-state index in [1.807, 2.05) is 30.3 Å². The Hall–Kier alpha value is -3.60. The van der Waals surface area contributed by atoms with Crippen LogP contribution in [0.25, 0.3) is 0 Å². The fourth-order valence-corrected chi connectivity index (χ4v) is 4.43. The summed E-state index contributed by atoms with van der Waals surface area (Å²) in [7, 11) is -0.908. The zero-order valence-corrected chi connectivity index (χ0v) is 20.2. The average Bonchev–Trinajstić information content (AvgIpc) is 2.84. The molecular weight excluding hydrogens is 474 g/mol. The first-order chi connectivity index (χ1) is 16.2. The van der Waals surface area contributed by atoms with E-state index < -0.39 is 21.9 Å². The quantitative estimate of drug-likeness (QED) is 0.381. The third-order valence-corrected chi connectivity index (χ3v) is 6.86. The summed E-state index contributed by atoms with van der Waals surface area (Å²) in [5.74, 6) is -1.07. The van der Waals surface area contributed by atoms with Crippen LogP contribution in [0.4, 0.5) is 5.69 Å². The van der Waals surface area contributed by atoms with Gasteiger partial charge >= 0.3 is 5.97 Å². The first kappa shape index (κ1) is 25.0. The van der Waals surface area contributed by atoms with Gasteiger partial charge < -0.3 is 10.1 Å². The fraction of sp³-hybridized carbons (Fsp3) is 0.125. The molecule has 0 saturated heterocycles. The molecule has 3 aromatic carbocycles. The third-order valence-electron chi connectivity index (χ3n) is 4.84. The monoisotopic (exact) mass is 497 g/mol. The van der Waals surface area contributed by atoms with E-state index in [1.54, 1.807) is 18.2 Å². The Balaban J connectivity index is 1.62. The maximum absolute atomic E-state index is 12.9. The Labute approximate surface area is 203 Å². The number of thiocarbonyl (C=S) groups is 1. The minimum absolute atomic E-state index is 0.0188. The second-order valence-corrected chi connectivity index (χ2v) is 9.70. The van der Waals surface area contributed by atoms with Crippen molar-refractivity contribution in [3.63, 3.8) is 0 Å². The zero-order valence-electron chi connectivity index (χ0n) is 18.5. The lowest BCUT2D eigenvalue weighted by atomic mass is 10.1. The van der Waals surface area contributed by atoms with Gasteiger partial charge in [-0.25, -0.2) is 13.2 Å². The van der Waals surface area contributed by atoms with Gasteiger partial charge in [-0.2, -0.15) is 4.31 Å². The summed E-state index contributed by atoms with van der Waals surface area (Å²) >= 11 is 5.18. The molecule has 3 rings (SSSR count). The average molecular weight is 498 g/mol. The normalized spacial score (nSPS) is 11.0. The number of hydrogen-bond donors (Lipinski definition) is 2. The molecule has 0 aliphatic carbocycles. The van der Waals surface area contributed by atoms with Crippen LogP contribution < -0.4 is 10.6 Å². The van der Waals surface area contributed by atoms with Crippen molar-refractivity contribution >= 4 is 44.9 Å². The van der Waals surface area contributed by atoms with Gasteiger partial charge in [-0.1, -0.05) is 36.4 Å². The minimum Gasteiger partial charge on any atom is -0.465 e. The first-order valence-electron chi connectivity index (χ1n) is 10.1. The minimum atomic E-state index is -3.69. The van der Waals surface area contributed by atoms with E-state index in [2.05, 4.69) is 15.4 Å². The standard InChI is InChI=1S/C24H23N3O5S2/c1-27(16-17-7-4-3-5-8-17)34(30,31)21-13-11-20(12-14-21)25-24(33)26-22(28)18-9-6-10-19(15-18)23(29)32-2/h3-15H,16H2,1-2H3,(H2,25,26,28,33). The van der Waals surface area contributed by atoms with Gasteiger partial charge in [0.2, 0.25) is 10.0 Å². The molecule has 0 saturated carbocycles. The molecule has 0 aliphatic rings. The lowest BCUT2D eigenvalue weighted by Gasteiger charge is -2.17. The van der Waals surface area contributed by atoms with Gasteiger partial charge in [0.1, 0.15) is 0 Å². The topological polar surface area (TPSA) is 105 Å². The van der Waals surface area contributed by atoms with E-state index in [9.17, 15) is 18.0 Å². The number of carbonyl (C=O) groups is 2. The number of amides is 1. The number of esters is 1. The van der Waals surface area contributed by atoms with E-state index in [1.165, 1.54) is 48.8 Å². The molecule has 0 fully saturated rings. The Morgan fingerprint density at radius 2 is 1.59 bits per heavy atom. The number of nitrogens with zero attached hydrogens (tertiary/aromatic N) is 1. The molecule has 2 N–H and O–H groups in total. The maximum Gasteiger partial charge on any atom is 0.337 e. The molecule has 1 amide bonds. The van der Waals surface area contributed by atoms with Crippen molar-refractivity contribution in [2.24, 2.45) is 0 Å². The molecule has 10 heteroatoms. The highest BCUT2D eigenvalue weighted by atomic mass is 32.2. The van der Waals surface area contributed by atoms with Crippen LogP contribution in [0.5, 0.6) is 0 Å². The number of anilines is 1. The van der Waals surface area contributed by atoms with Crippen LogP contribution in [-0.4, -0.2) is 43.9 Å². The highest BCUT2D eigenvalue weighted by Gasteiger charge is 2.21. The highest BCUT2D eigenvalue weighted by Crippen LogP contribution is 2.19. The maximum atomic E-state index is 12.9. The summed E-state index contributed by atoms with van der Waals surface area (Å²) in [6.07, 6.45) is 0. The molecule has 0 aromatic heterocycles. The van der Waals surface area contributed by atoms with Crippen LogP contribution >= 0.6 is 12.2 Å². The van der Waals surface area contributed by atoms with Crippen LogP contribution in [0.15, 0.2) is 83.8 Å². The predicted octanol–water partition coefficient (Wildman–Crippen LogP) is 3.42. The second-order valence-electron chi connectivity index (χ2n) is 7.25. The van der Waals surface area contributed by atoms with Crippen molar-refractivity contribution in [2.75, 3.05) is 19.5 Å². The van der Waals surface area contributed by atoms with E-state index in [4.69, 9.17) is 12.2 Å². The fourth-order valence-electron chi connectivity index (χ4n) is 3.06. The van der Waals surface area contributed by atoms with Crippen molar-refractivity contribution in [2.45, 2.75) is 11.4 Å². The van der Waals surface area contributed by atoms with Crippen LogP contribution in [0, 0.1) is 0 Å². The number of rotatable bonds is 7. The van der Waals surface area contributed by atoms with Crippen LogP contribution in [0.1, 0.15) is 26.3 Å². The molecule has 0 aliphatic heterocycles. The van der Waals surface area contributed by atoms with E-state index in [0.717, 1.165) is 5.56 Å². The molecule has 0 atom stereocenters. The van der Waals surface area contributed by atoms with Gasteiger partial charge in [0.05, 0.1) is 17.6 Å². The lowest BCUT2D eigenvalue weighted by molar-refractivity contribution is 0.0600. The number of hydrogen-bond acceptors (Lipinski definition) is 6. The number of nitrogens with one attached hydrogen (secondary N) is 2. The van der Waals surface area contributed by atoms with Crippen molar-refractivity contribution in [3.05, 3.63) is 95.6 Å². The molecule has 8 nitrogen and oxygen atoms in total. The van der Waals surface area contributed by atoms with Crippen LogP contribution in [0.2, 0.25) is 0 Å². The predicted molar refractivity (Wildman–Crippen MR) is 133 cm³/mol. The molecule has 3 aromatic rings. The summed E-state index contributed by atoms with van der Waals surface area (Å²) in [5.41, 5.74) is 1.85. The van der Waals surface area contributed by atoms with Gasteiger partial charge in [-0.3, -0.25) is 10.1 Å². The van der Waals surface area contributed by atoms with Crippen LogP contribution in [0.3, 0.4) is 0 Å². The van der Waals surface area contributed by atoms with Gasteiger partial charge in [-0.05, 0) is 60.2 Å². The summed E-state index contributed by atoms with van der Waals surface area (Å²) in [6, 6.07) is 21.4. The largest absolute Gasteiger partial charge is 0.465 e. The van der Waals surface area contributed by atoms with Gasteiger partial charge in [-0.15, -0.1) is 0 Å². The number of ether oxygens (including phenoxy) is 1. The molecule has 0 spiro atoms. The van der Waals surface area contributed by atoms with Crippen molar-refractivity contribution < 1.29 is 22.7 Å². The lowest BCUT2D eigenvalue weighted by Crippen LogP contribution is -2.34. The van der Waals surface area contributed by atoms with Gasteiger partial charge in [0.25, 0.3) is 5.91 Å². The summed E-state index contributed by atoms with van der Waals surface area (Å²) in [6.45, 7) is 0.246. The Morgan fingerprint density at radius 3 is 2.24 bits per heavy atom. The van der Waals surface area contributed by atoms with E-state index >= 15 is 0 Å². The summed E-state index contributed by atoms with van der Waals surface area (Å²) < 4.78 is 31.6. The van der Waals surface area contributed by atoms with Crippen molar-refractivity contribution in [1.82, 2.24) is 9.62 Å². The molecule has 34 heavy (non-hydrogen) atoms. The Morgan fingerprint density at radius 1 is 0.941 bits per heavy atom. The van der Waals surface area contributed by atoms with Gasteiger partial charge in [0, 0.05) is 24.8 Å². The number of carbonyl (C=O) groups excluding carboxylic acids is 2. The summed E-state index contributed by atoms with van der Waals surface area (Å²) in [5, 5.41) is 5.38. The third kappa shape index (κ3) is 6.25. The number of sulfonamides is 1. The van der Waals surface area contributed by atoms with Gasteiger partial charge in [0.15, 0.2) is 5.11 Å². The zero-order chi connectivity index (χ0) is 24.7. The smallest absolute Gasteiger partial charge is 0.337 e. The summed E-state index contributed by atoms with van der Waals surface area (Å²) in [4.78, 5) is 24.2. The molecule has 0 radical (unpaired) electrons. The SMILES string of the molecule is COC(=O)c1cccc(C(=O)NC(=S)Nc2ccc(S(=O)(=O)N(C)Cc3ccccc3)cc2)c1. The first-order valence-corrected chi connectivity index (χ1v) is 12.0. The molecule has 176 valence electrons. The van der Waals surface area contributed by atoms with Crippen molar-refractivity contribution in [3.8, 4) is 0 Å². The molecular formula is C24H23N3O5S2. The van der Waals surface area contributed by atoms with E-state index in [0.29, 0.717) is 5.69 Å². The van der Waals surface area contributed by atoms with Crippen molar-refractivity contribution in [1.29, 1.82) is 0 Å². The second kappa shape index (κ2) is 11.0.